The van der Waals surface area contributed by atoms with Gasteiger partial charge in [0.05, 0.1) is 11.1 Å². The van der Waals surface area contributed by atoms with Crippen molar-refractivity contribution < 1.29 is 31.1 Å². The van der Waals surface area contributed by atoms with Gasteiger partial charge in [0.2, 0.25) is 0 Å². The van der Waals surface area contributed by atoms with Gasteiger partial charge >= 0.3 is 12.4 Å². The molecule has 156 valence electrons. The van der Waals surface area contributed by atoms with Crippen molar-refractivity contribution in [2.24, 2.45) is 0 Å². The summed E-state index contributed by atoms with van der Waals surface area (Å²) >= 11 is 1.11. The van der Waals surface area contributed by atoms with E-state index in [1.165, 1.54) is 24.3 Å². The Morgan fingerprint density at radius 2 is 1.27 bits per heavy atom. The van der Waals surface area contributed by atoms with Crippen LogP contribution < -0.4 is 5.32 Å². The first kappa shape index (κ1) is 21.8. The standard InChI is InChI=1S/C21H13F6NOS/c22-20(23,24)14-4-1-3-13(11-14)19(29)28-16-7-9-17(10-8-16)30-18-6-2-5-15(12-18)21(25,26)27/h1-12H,(H,28,29). The summed E-state index contributed by atoms with van der Waals surface area (Å²) in [7, 11) is 0. The molecule has 1 N–H and O–H groups in total. The van der Waals surface area contributed by atoms with E-state index in [9.17, 15) is 31.1 Å². The highest BCUT2D eigenvalue weighted by molar-refractivity contribution is 7.99. The third-order valence-corrected chi connectivity index (χ3v) is 4.96. The lowest BCUT2D eigenvalue weighted by atomic mass is 10.1. The van der Waals surface area contributed by atoms with Gasteiger partial charge in [-0.05, 0) is 60.7 Å². The molecule has 9 heteroatoms. The molecule has 0 saturated carbocycles. The first-order chi connectivity index (χ1) is 14.0. The van der Waals surface area contributed by atoms with E-state index in [2.05, 4.69) is 5.32 Å². The molecule has 0 atom stereocenters. The van der Waals surface area contributed by atoms with Crippen LogP contribution in [0.4, 0.5) is 32.0 Å². The number of halogens is 6. The Balaban J connectivity index is 1.69. The quantitative estimate of drug-likeness (QED) is 0.437. The molecule has 0 bridgehead atoms. The molecule has 1 amide bonds. The molecule has 0 aromatic heterocycles. The Hall–Kier alpha value is -2.94. The molecule has 0 aliphatic rings. The minimum atomic E-state index is -4.56. The fraction of sp³-hybridized carbons (Fsp3) is 0.0952. The Kier molecular flexibility index (Phi) is 6.12. The lowest BCUT2D eigenvalue weighted by Gasteiger charge is -2.10. The maximum Gasteiger partial charge on any atom is 0.416 e. The van der Waals surface area contributed by atoms with Crippen LogP contribution in [0.3, 0.4) is 0 Å². The highest BCUT2D eigenvalue weighted by atomic mass is 32.2. The number of amides is 1. The molecule has 30 heavy (non-hydrogen) atoms. The predicted molar refractivity (Wildman–Crippen MR) is 101 cm³/mol. The molecule has 0 heterocycles. The number of rotatable bonds is 4. The van der Waals surface area contributed by atoms with Gasteiger partial charge in [0.15, 0.2) is 0 Å². The lowest BCUT2D eigenvalue weighted by molar-refractivity contribution is -0.138. The van der Waals surface area contributed by atoms with Crippen molar-refractivity contribution in [3.8, 4) is 0 Å². The summed E-state index contributed by atoms with van der Waals surface area (Å²) in [4.78, 5) is 13.2. The van der Waals surface area contributed by atoms with Gasteiger partial charge in [-0.25, -0.2) is 0 Å². The van der Waals surface area contributed by atoms with Crippen LogP contribution in [0, 0.1) is 0 Å². The number of nitrogens with one attached hydrogen (secondary N) is 1. The van der Waals surface area contributed by atoms with Crippen molar-refractivity contribution >= 4 is 23.4 Å². The third-order valence-electron chi connectivity index (χ3n) is 3.96. The van der Waals surface area contributed by atoms with Crippen molar-refractivity contribution in [1.82, 2.24) is 0 Å². The number of carbonyl (C=O) groups is 1. The number of anilines is 1. The number of hydrogen-bond donors (Lipinski definition) is 1. The van der Waals surface area contributed by atoms with Gasteiger partial charge in [-0.2, -0.15) is 26.3 Å². The van der Waals surface area contributed by atoms with Crippen LogP contribution in [-0.4, -0.2) is 5.91 Å². The van der Waals surface area contributed by atoms with Gasteiger partial charge in [-0.3, -0.25) is 4.79 Å². The molecule has 0 spiro atoms. The topological polar surface area (TPSA) is 29.1 Å². The summed E-state index contributed by atoms with van der Waals surface area (Å²) in [6.45, 7) is 0. The summed E-state index contributed by atoms with van der Waals surface area (Å²) in [5.74, 6) is -0.709. The van der Waals surface area contributed by atoms with E-state index >= 15 is 0 Å². The van der Waals surface area contributed by atoms with E-state index in [1.807, 2.05) is 0 Å². The molecular formula is C21H13F6NOS. The van der Waals surface area contributed by atoms with Gasteiger partial charge in [0.25, 0.3) is 5.91 Å². The Morgan fingerprint density at radius 1 is 0.700 bits per heavy atom. The first-order valence-corrected chi connectivity index (χ1v) is 9.28. The van der Waals surface area contributed by atoms with Crippen LogP contribution in [-0.2, 0) is 12.4 Å². The van der Waals surface area contributed by atoms with Crippen LogP contribution in [0.1, 0.15) is 21.5 Å². The van der Waals surface area contributed by atoms with Crippen molar-refractivity contribution in [1.29, 1.82) is 0 Å². The monoisotopic (exact) mass is 441 g/mol. The second-order valence-corrected chi connectivity index (χ2v) is 7.33. The van der Waals surface area contributed by atoms with Crippen LogP contribution in [0.25, 0.3) is 0 Å². The van der Waals surface area contributed by atoms with Crippen LogP contribution >= 0.6 is 11.8 Å². The summed E-state index contributed by atoms with van der Waals surface area (Å²) in [6, 6.07) is 15.1. The molecule has 0 aliphatic heterocycles. The van der Waals surface area contributed by atoms with Crippen molar-refractivity contribution in [2.75, 3.05) is 5.32 Å². The van der Waals surface area contributed by atoms with E-state index in [0.717, 1.165) is 42.1 Å². The molecule has 0 unspecified atom stereocenters. The molecule has 0 aliphatic carbocycles. The van der Waals surface area contributed by atoms with Crippen molar-refractivity contribution in [3.63, 3.8) is 0 Å². The molecule has 0 saturated heterocycles. The SMILES string of the molecule is O=C(Nc1ccc(Sc2cccc(C(F)(F)F)c2)cc1)c1cccc(C(F)(F)F)c1. The second kappa shape index (κ2) is 8.43. The zero-order chi connectivity index (χ0) is 21.9. The highest BCUT2D eigenvalue weighted by Gasteiger charge is 2.31. The van der Waals surface area contributed by atoms with Crippen LogP contribution in [0.2, 0.25) is 0 Å². The smallest absolute Gasteiger partial charge is 0.322 e. The van der Waals surface area contributed by atoms with Gasteiger partial charge in [-0.15, -0.1) is 0 Å². The Morgan fingerprint density at radius 3 is 1.87 bits per heavy atom. The molecular weight excluding hydrogens is 428 g/mol. The van der Waals surface area contributed by atoms with Gasteiger partial charge in [0.1, 0.15) is 0 Å². The van der Waals surface area contributed by atoms with Crippen LogP contribution in [0.15, 0.2) is 82.6 Å². The van der Waals surface area contributed by atoms with E-state index in [1.54, 1.807) is 18.2 Å². The number of alkyl halides is 6. The van der Waals surface area contributed by atoms with Crippen molar-refractivity contribution in [2.45, 2.75) is 22.1 Å². The average Bonchev–Trinajstić information content (AvgIpc) is 2.68. The minimum Gasteiger partial charge on any atom is -0.322 e. The largest absolute Gasteiger partial charge is 0.416 e. The zero-order valence-corrected chi connectivity index (χ0v) is 15.8. The van der Waals surface area contributed by atoms with Gasteiger partial charge in [-0.1, -0.05) is 23.9 Å². The Bertz CT molecular complexity index is 1040. The summed E-state index contributed by atoms with van der Waals surface area (Å²) in [5.41, 5.74) is -1.49. The molecule has 3 aromatic rings. The minimum absolute atomic E-state index is 0.146. The Labute approximate surface area is 171 Å². The first-order valence-electron chi connectivity index (χ1n) is 8.46. The van der Waals surface area contributed by atoms with Crippen molar-refractivity contribution in [3.05, 3.63) is 89.5 Å². The van der Waals surface area contributed by atoms with E-state index < -0.39 is 29.4 Å². The van der Waals surface area contributed by atoms with Crippen LogP contribution in [0.5, 0.6) is 0 Å². The van der Waals surface area contributed by atoms with Gasteiger partial charge in [0, 0.05) is 21.0 Å². The lowest BCUT2D eigenvalue weighted by Crippen LogP contribution is -2.13. The zero-order valence-electron chi connectivity index (χ0n) is 15.0. The molecule has 0 fully saturated rings. The highest BCUT2D eigenvalue weighted by Crippen LogP contribution is 2.35. The maximum absolute atomic E-state index is 12.8. The molecule has 0 radical (unpaired) electrons. The van der Waals surface area contributed by atoms with E-state index in [-0.39, 0.29) is 5.56 Å². The normalized spacial score (nSPS) is 11.9. The number of benzene rings is 3. The average molecular weight is 441 g/mol. The summed E-state index contributed by atoms with van der Waals surface area (Å²) < 4.78 is 76.7. The van der Waals surface area contributed by atoms with E-state index in [0.29, 0.717) is 15.5 Å². The summed E-state index contributed by atoms with van der Waals surface area (Å²) in [5, 5.41) is 2.49. The summed E-state index contributed by atoms with van der Waals surface area (Å²) in [6.07, 6.45) is -8.99. The number of carbonyl (C=O) groups excluding carboxylic acids is 1. The maximum atomic E-state index is 12.8. The third kappa shape index (κ3) is 5.56. The second-order valence-electron chi connectivity index (χ2n) is 6.18. The molecule has 2 nitrogen and oxygen atoms in total. The fourth-order valence-corrected chi connectivity index (χ4v) is 3.40. The molecule has 3 aromatic carbocycles. The molecule has 3 rings (SSSR count). The fourth-order valence-electron chi connectivity index (χ4n) is 2.52. The van der Waals surface area contributed by atoms with E-state index in [4.69, 9.17) is 0 Å². The number of hydrogen-bond acceptors (Lipinski definition) is 2. The predicted octanol–water partition coefficient (Wildman–Crippen LogP) is 7.13. The van der Waals surface area contributed by atoms with Gasteiger partial charge < -0.3 is 5.32 Å².